The monoisotopic (exact) mass is 417 g/mol. The maximum Gasteiger partial charge on any atom is 0.132 e. The second kappa shape index (κ2) is 9.02. The van der Waals surface area contributed by atoms with E-state index < -0.39 is 0 Å². The van der Waals surface area contributed by atoms with E-state index in [-0.39, 0.29) is 6.04 Å². The molecular weight excluding hydrogens is 394 g/mol. The van der Waals surface area contributed by atoms with Gasteiger partial charge in [-0.05, 0) is 60.9 Å². The Balaban J connectivity index is 1.47. The zero-order valence-electron chi connectivity index (χ0n) is 16.9. The molecule has 0 fully saturated rings. The number of benzene rings is 1. The van der Waals surface area contributed by atoms with Crippen LogP contribution in [0.1, 0.15) is 22.2 Å². The van der Waals surface area contributed by atoms with Gasteiger partial charge in [-0.15, -0.1) is 11.3 Å². The molecule has 0 bridgehead atoms. The maximum absolute atomic E-state index is 6.41. The SMILES string of the molecule is COc1ccc(C[C@H](N)c2ncc(-c3cccc(Nc4cc(C)ccn4)n3)s2)cc1. The third-order valence-corrected chi connectivity index (χ3v) is 5.78. The molecule has 0 saturated heterocycles. The smallest absolute Gasteiger partial charge is 0.132 e. The number of aromatic nitrogens is 3. The Morgan fingerprint density at radius 1 is 1.07 bits per heavy atom. The van der Waals surface area contributed by atoms with Crippen LogP contribution >= 0.6 is 11.3 Å². The summed E-state index contributed by atoms with van der Waals surface area (Å²) in [6.07, 6.45) is 4.33. The van der Waals surface area contributed by atoms with E-state index in [4.69, 9.17) is 15.5 Å². The van der Waals surface area contributed by atoms with Gasteiger partial charge in [-0.3, -0.25) is 0 Å². The molecule has 7 heteroatoms. The van der Waals surface area contributed by atoms with Crippen molar-refractivity contribution in [1.29, 1.82) is 0 Å². The van der Waals surface area contributed by atoms with Crippen LogP contribution in [-0.4, -0.2) is 22.1 Å². The normalized spacial score (nSPS) is 11.8. The van der Waals surface area contributed by atoms with Crippen molar-refractivity contribution < 1.29 is 4.74 Å². The molecule has 152 valence electrons. The van der Waals surface area contributed by atoms with Gasteiger partial charge in [0.15, 0.2) is 0 Å². The van der Waals surface area contributed by atoms with E-state index in [1.807, 2.05) is 67.7 Å². The summed E-state index contributed by atoms with van der Waals surface area (Å²) in [6.45, 7) is 2.03. The first-order chi connectivity index (χ1) is 14.6. The summed E-state index contributed by atoms with van der Waals surface area (Å²) in [6, 6.07) is 17.6. The molecule has 0 saturated carbocycles. The highest BCUT2D eigenvalue weighted by atomic mass is 32.1. The van der Waals surface area contributed by atoms with Crippen LogP contribution in [0.25, 0.3) is 10.6 Å². The lowest BCUT2D eigenvalue weighted by Gasteiger charge is -2.09. The van der Waals surface area contributed by atoms with E-state index in [1.165, 1.54) is 0 Å². The average Bonchev–Trinajstić information content (AvgIpc) is 3.25. The third kappa shape index (κ3) is 4.82. The molecule has 30 heavy (non-hydrogen) atoms. The second-order valence-electron chi connectivity index (χ2n) is 6.97. The zero-order valence-corrected chi connectivity index (χ0v) is 17.7. The van der Waals surface area contributed by atoms with Crippen molar-refractivity contribution in [2.24, 2.45) is 5.73 Å². The first-order valence-corrected chi connectivity index (χ1v) is 10.4. The van der Waals surface area contributed by atoms with E-state index in [2.05, 4.69) is 15.3 Å². The topological polar surface area (TPSA) is 86.0 Å². The van der Waals surface area contributed by atoms with Crippen LogP contribution in [0.5, 0.6) is 5.75 Å². The number of nitrogens with zero attached hydrogens (tertiary/aromatic N) is 3. The fraction of sp³-hybridized carbons (Fsp3) is 0.174. The van der Waals surface area contributed by atoms with Crippen molar-refractivity contribution in [3.63, 3.8) is 0 Å². The van der Waals surface area contributed by atoms with Gasteiger partial charge in [-0.2, -0.15) is 0 Å². The van der Waals surface area contributed by atoms with Gasteiger partial charge < -0.3 is 15.8 Å². The van der Waals surface area contributed by atoms with Crippen LogP contribution in [-0.2, 0) is 6.42 Å². The Morgan fingerprint density at radius 3 is 2.67 bits per heavy atom. The molecule has 0 radical (unpaired) electrons. The highest BCUT2D eigenvalue weighted by Gasteiger charge is 2.14. The molecule has 0 unspecified atom stereocenters. The van der Waals surface area contributed by atoms with Crippen molar-refractivity contribution in [1.82, 2.24) is 15.0 Å². The molecule has 6 nitrogen and oxygen atoms in total. The van der Waals surface area contributed by atoms with Gasteiger partial charge in [0.2, 0.25) is 0 Å². The third-order valence-electron chi connectivity index (χ3n) is 4.63. The van der Waals surface area contributed by atoms with Crippen LogP contribution in [0.15, 0.2) is 67.0 Å². The van der Waals surface area contributed by atoms with Gasteiger partial charge in [0.05, 0.1) is 23.7 Å². The van der Waals surface area contributed by atoms with Crippen LogP contribution in [0.4, 0.5) is 11.6 Å². The molecule has 0 amide bonds. The standard InChI is InChI=1S/C23H23N5OS/c1-15-10-11-25-22(12-15)28-21-5-3-4-19(27-21)20-14-26-23(30-20)18(24)13-16-6-8-17(29-2)9-7-16/h3-12,14,18H,13,24H2,1-2H3,(H,25,27,28)/t18-/m0/s1. The fourth-order valence-corrected chi connectivity index (χ4v) is 3.95. The number of rotatable bonds is 7. The Bertz CT molecular complexity index is 1130. The van der Waals surface area contributed by atoms with Gasteiger partial charge >= 0.3 is 0 Å². The highest BCUT2D eigenvalue weighted by Crippen LogP contribution is 2.30. The van der Waals surface area contributed by atoms with Crippen molar-refractivity contribution in [3.05, 3.63) is 83.1 Å². The molecule has 1 aromatic carbocycles. The van der Waals surface area contributed by atoms with Crippen molar-refractivity contribution >= 4 is 23.0 Å². The number of methoxy groups -OCH3 is 1. The Labute approximate surface area is 179 Å². The molecule has 1 atom stereocenters. The summed E-state index contributed by atoms with van der Waals surface area (Å²) < 4.78 is 5.21. The average molecular weight is 418 g/mol. The molecular formula is C23H23N5OS. The Hall–Kier alpha value is -3.29. The lowest BCUT2D eigenvalue weighted by atomic mass is 10.1. The van der Waals surface area contributed by atoms with E-state index in [0.29, 0.717) is 6.42 Å². The van der Waals surface area contributed by atoms with Gasteiger partial charge in [-0.1, -0.05) is 18.2 Å². The van der Waals surface area contributed by atoms with Crippen molar-refractivity contribution in [2.45, 2.75) is 19.4 Å². The summed E-state index contributed by atoms with van der Waals surface area (Å²) in [7, 11) is 1.66. The first-order valence-electron chi connectivity index (χ1n) is 9.62. The number of ether oxygens (including phenoxy) is 1. The molecule has 3 aromatic heterocycles. The largest absolute Gasteiger partial charge is 0.497 e. The lowest BCUT2D eigenvalue weighted by molar-refractivity contribution is 0.414. The number of hydrogen-bond donors (Lipinski definition) is 2. The van der Waals surface area contributed by atoms with Gasteiger partial charge in [0.1, 0.15) is 22.4 Å². The van der Waals surface area contributed by atoms with Crippen molar-refractivity contribution in [3.8, 4) is 16.3 Å². The molecule has 0 aliphatic heterocycles. The second-order valence-corrected chi connectivity index (χ2v) is 8.04. The lowest BCUT2D eigenvalue weighted by Crippen LogP contribution is -2.12. The minimum Gasteiger partial charge on any atom is -0.497 e. The Kier molecular flexibility index (Phi) is 6.02. The number of aryl methyl sites for hydroxylation is 1. The molecule has 3 N–H and O–H groups in total. The summed E-state index contributed by atoms with van der Waals surface area (Å²) in [5.41, 5.74) is 9.55. The highest BCUT2D eigenvalue weighted by molar-refractivity contribution is 7.15. The molecule has 4 aromatic rings. The summed E-state index contributed by atoms with van der Waals surface area (Å²) >= 11 is 1.57. The number of anilines is 2. The summed E-state index contributed by atoms with van der Waals surface area (Å²) in [4.78, 5) is 14.6. The minimum absolute atomic E-state index is 0.171. The molecule has 3 heterocycles. The van der Waals surface area contributed by atoms with Gasteiger partial charge in [0.25, 0.3) is 0 Å². The molecule has 4 rings (SSSR count). The molecule has 0 spiro atoms. The Morgan fingerprint density at radius 2 is 1.90 bits per heavy atom. The minimum atomic E-state index is -0.171. The summed E-state index contributed by atoms with van der Waals surface area (Å²) in [5.74, 6) is 2.35. The van der Waals surface area contributed by atoms with E-state index in [1.54, 1.807) is 24.6 Å². The predicted molar refractivity (Wildman–Crippen MR) is 121 cm³/mol. The zero-order chi connectivity index (χ0) is 20.9. The number of nitrogens with one attached hydrogen (secondary N) is 1. The van der Waals surface area contributed by atoms with Crippen molar-refractivity contribution in [2.75, 3.05) is 12.4 Å². The van der Waals surface area contributed by atoms with Crippen LogP contribution in [0, 0.1) is 6.92 Å². The first kappa shape index (κ1) is 20.0. The van der Waals surface area contributed by atoms with E-state index >= 15 is 0 Å². The molecule has 0 aliphatic rings. The fourth-order valence-electron chi connectivity index (χ4n) is 3.06. The van der Waals surface area contributed by atoms with Gasteiger partial charge in [-0.25, -0.2) is 15.0 Å². The summed E-state index contributed by atoms with van der Waals surface area (Å²) in [5, 5.41) is 4.14. The number of nitrogens with two attached hydrogens (primary N) is 1. The van der Waals surface area contributed by atoms with E-state index in [0.717, 1.165) is 44.1 Å². The number of hydrogen-bond acceptors (Lipinski definition) is 7. The predicted octanol–water partition coefficient (Wildman–Crippen LogP) is 4.90. The van der Waals surface area contributed by atoms with Crippen LogP contribution in [0.3, 0.4) is 0 Å². The van der Waals surface area contributed by atoms with Gasteiger partial charge in [0, 0.05) is 12.4 Å². The number of pyridine rings is 2. The van der Waals surface area contributed by atoms with E-state index in [9.17, 15) is 0 Å². The quantitative estimate of drug-likeness (QED) is 0.445. The van der Waals surface area contributed by atoms with Crippen LogP contribution in [0.2, 0.25) is 0 Å². The number of thiazole rings is 1. The maximum atomic E-state index is 6.41. The molecule has 0 aliphatic carbocycles. The van der Waals surface area contributed by atoms with Crippen LogP contribution < -0.4 is 15.8 Å².